The van der Waals surface area contributed by atoms with E-state index in [2.05, 4.69) is 0 Å². The number of amides is 1. The zero-order valence-electron chi connectivity index (χ0n) is 14.3. The second-order valence-corrected chi connectivity index (χ2v) is 6.40. The lowest BCUT2D eigenvalue weighted by Crippen LogP contribution is -2.29. The number of rotatable bonds is 5. The Bertz CT molecular complexity index is 795. The Morgan fingerprint density at radius 2 is 2.08 bits per heavy atom. The molecule has 132 valence electrons. The quantitative estimate of drug-likeness (QED) is 0.903. The molecule has 1 N–H and O–H groups in total. The van der Waals surface area contributed by atoms with Crippen molar-refractivity contribution in [1.82, 2.24) is 4.90 Å². The zero-order chi connectivity index (χ0) is 18.0. The first-order valence-corrected chi connectivity index (χ1v) is 8.25. The van der Waals surface area contributed by atoms with Crippen LogP contribution in [0.5, 0.6) is 5.75 Å². The summed E-state index contributed by atoms with van der Waals surface area (Å²) >= 11 is 0. The number of furan rings is 1. The largest absolute Gasteiger partial charge is 0.485 e. The van der Waals surface area contributed by atoms with E-state index in [-0.39, 0.29) is 24.8 Å². The number of likely N-dealkylation sites (tertiary alicyclic amines) is 1. The second-order valence-electron chi connectivity index (χ2n) is 6.40. The van der Waals surface area contributed by atoms with Gasteiger partial charge in [-0.05, 0) is 44.0 Å². The maximum absolute atomic E-state index is 12.4. The lowest BCUT2D eigenvalue weighted by molar-refractivity contribution is -0.141. The lowest BCUT2D eigenvalue weighted by Gasteiger charge is -2.13. The molecule has 0 bridgehead atoms. The van der Waals surface area contributed by atoms with Crippen LogP contribution in [0.3, 0.4) is 0 Å². The average Bonchev–Trinajstić information content (AvgIpc) is 3.23. The molecule has 1 saturated heterocycles. The van der Waals surface area contributed by atoms with Crippen molar-refractivity contribution in [3.63, 3.8) is 0 Å². The summed E-state index contributed by atoms with van der Waals surface area (Å²) in [5.41, 5.74) is 2.21. The Balaban J connectivity index is 1.60. The van der Waals surface area contributed by atoms with Crippen LogP contribution in [0.25, 0.3) is 0 Å². The van der Waals surface area contributed by atoms with Crippen LogP contribution in [0.2, 0.25) is 0 Å². The summed E-state index contributed by atoms with van der Waals surface area (Å²) in [7, 11) is 0. The van der Waals surface area contributed by atoms with E-state index >= 15 is 0 Å². The van der Waals surface area contributed by atoms with Crippen LogP contribution in [0, 0.1) is 19.8 Å². The predicted molar refractivity (Wildman–Crippen MR) is 90.6 cm³/mol. The van der Waals surface area contributed by atoms with Crippen molar-refractivity contribution in [2.75, 3.05) is 13.1 Å². The molecule has 0 saturated carbocycles. The van der Waals surface area contributed by atoms with Gasteiger partial charge in [0.2, 0.25) is 0 Å². The van der Waals surface area contributed by atoms with Gasteiger partial charge in [-0.15, -0.1) is 0 Å². The second kappa shape index (κ2) is 7.01. The van der Waals surface area contributed by atoms with Crippen molar-refractivity contribution in [1.29, 1.82) is 0 Å². The third-order valence-electron chi connectivity index (χ3n) is 4.40. The topological polar surface area (TPSA) is 80.0 Å². The van der Waals surface area contributed by atoms with E-state index in [0.717, 1.165) is 11.3 Å². The molecule has 0 spiro atoms. The van der Waals surface area contributed by atoms with Gasteiger partial charge < -0.3 is 19.2 Å². The molecule has 1 aliphatic heterocycles. The van der Waals surface area contributed by atoms with Gasteiger partial charge in [0.05, 0.1) is 5.92 Å². The molecule has 0 radical (unpaired) electrons. The molecule has 6 heteroatoms. The zero-order valence-corrected chi connectivity index (χ0v) is 14.3. The minimum atomic E-state index is -0.864. The molecule has 1 aliphatic rings. The van der Waals surface area contributed by atoms with Gasteiger partial charge in [-0.1, -0.05) is 17.7 Å². The van der Waals surface area contributed by atoms with E-state index in [1.807, 2.05) is 32.0 Å². The molecule has 6 nitrogen and oxygen atoms in total. The van der Waals surface area contributed by atoms with Gasteiger partial charge in [0.1, 0.15) is 18.1 Å². The summed E-state index contributed by atoms with van der Waals surface area (Å²) < 4.78 is 11.3. The maximum atomic E-state index is 12.4. The Morgan fingerprint density at radius 3 is 2.76 bits per heavy atom. The molecule has 1 aromatic heterocycles. The number of carbonyl (C=O) groups excluding carboxylic acids is 1. The summed E-state index contributed by atoms with van der Waals surface area (Å²) in [4.78, 5) is 24.9. The van der Waals surface area contributed by atoms with Crippen molar-refractivity contribution in [2.45, 2.75) is 26.9 Å². The molecular weight excluding hydrogens is 322 g/mol. The van der Waals surface area contributed by atoms with Gasteiger partial charge in [-0.3, -0.25) is 9.59 Å². The summed E-state index contributed by atoms with van der Waals surface area (Å²) in [6.45, 7) is 4.89. The first kappa shape index (κ1) is 17.1. The molecule has 2 heterocycles. The van der Waals surface area contributed by atoms with Gasteiger partial charge in [-0.2, -0.15) is 0 Å². The highest BCUT2D eigenvalue weighted by atomic mass is 16.5. The molecular formula is C19H21NO5. The van der Waals surface area contributed by atoms with E-state index in [1.54, 1.807) is 12.1 Å². The van der Waals surface area contributed by atoms with Crippen molar-refractivity contribution < 1.29 is 23.8 Å². The van der Waals surface area contributed by atoms with Crippen LogP contribution < -0.4 is 4.74 Å². The average molecular weight is 343 g/mol. The standard InChI is InChI=1S/C19H21NO5/c1-12-3-5-16(13(2)9-12)24-11-15-4-6-17(25-15)18(21)20-8-7-14(10-20)19(22)23/h3-6,9,14H,7-8,10-11H2,1-2H3,(H,22,23). The maximum Gasteiger partial charge on any atom is 0.308 e. The number of aryl methyl sites for hydroxylation is 2. The van der Waals surface area contributed by atoms with Gasteiger partial charge in [0.25, 0.3) is 5.91 Å². The third-order valence-corrected chi connectivity index (χ3v) is 4.40. The lowest BCUT2D eigenvalue weighted by atomic mass is 10.1. The van der Waals surface area contributed by atoms with Crippen molar-refractivity contribution in [2.24, 2.45) is 5.92 Å². The predicted octanol–water partition coefficient (Wildman–Crippen LogP) is 3.02. The van der Waals surface area contributed by atoms with Crippen LogP contribution in [0.4, 0.5) is 0 Å². The highest BCUT2D eigenvalue weighted by Gasteiger charge is 2.32. The van der Waals surface area contributed by atoms with Gasteiger partial charge in [-0.25, -0.2) is 0 Å². The first-order valence-electron chi connectivity index (χ1n) is 8.25. The Morgan fingerprint density at radius 1 is 1.28 bits per heavy atom. The molecule has 1 atom stereocenters. The molecule has 3 rings (SSSR count). The van der Waals surface area contributed by atoms with E-state index < -0.39 is 11.9 Å². The summed E-state index contributed by atoms with van der Waals surface area (Å²) in [6.07, 6.45) is 0.477. The van der Waals surface area contributed by atoms with Crippen LogP contribution in [-0.2, 0) is 11.4 Å². The molecule has 1 unspecified atom stereocenters. The molecule has 1 fully saturated rings. The van der Waals surface area contributed by atoms with E-state index in [0.29, 0.717) is 18.7 Å². The SMILES string of the molecule is Cc1ccc(OCc2ccc(C(=O)N3CCC(C(=O)O)C3)o2)c(C)c1. The first-order chi connectivity index (χ1) is 11.9. The fourth-order valence-electron chi connectivity index (χ4n) is 2.98. The van der Waals surface area contributed by atoms with Gasteiger partial charge in [0.15, 0.2) is 5.76 Å². The smallest absolute Gasteiger partial charge is 0.308 e. The van der Waals surface area contributed by atoms with Crippen molar-refractivity contribution in [3.8, 4) is 5.75 Å². The fourth-order valence-corrected chi connectivity index (χ4v) is 2.98. The monoisotopic (exact) mass is 343 g/mol. The van der Waals surface area contributed by atoms with Crippen LogP contribution in [0.1, 0.15) is 33.9 Å². The minimum absolute atomic E-state index is 0.213. The number of carboxylic acids is 1. The molecule has 1 aromatic carbocycles. The fraction of sp³-hybridized carbons (Fsp3) is 0.368. The molecule has 2 aromatic rings. The van der Waals surface area contributed by atoms with E-state index in [9.17, 15) is 9.59 Å². The summed E-state index contributed by atoms with van der Waals surface area (Å²) in [5.74, 6) is -0.0914. The number of hydrogen-bond donors (Lipinski definition) is 1. The Kier molecular flexibility index (Phi) is 4.79. The molecule has 0 aliphatic carbocycles. The number of carboxylic acid groups (broad SMARTS) is 1. The highest BCUT2D eigenvalue weighted by molar-refractivity contribution is 5.92. The number of nitrogens with zero attached hydrogens (tertiary/aromatic N) is 1. The number of carbonyl (C=O) groups is 2. The normalized spacial score (nSPS) is 16.9. The highest BCUT2D eigenvalue weighted by Crippen LogP contribution is 2.22. The summed E-state index contributed by atoms with van der Waals surface area (Å²) in [5, 5.41) is 9.03. The molecule has 1 amide bonds. The van der Waals surface area contributed by atoms with E-state index in [4.69, 9.17) is 14.3 Å². The van der Waals surface area contributed by atoms with Crippen molar-refractivity contribution >= 4 is 11.9 Å². The third kappa shape index (κ3) is 3.84. The van der Waals surface area contributed by atoms with Gasteiger partial charge in [0, 0.05) is 13.1 Å². The number of hydrogen-bond acceptors (Lipinski definition) is 4. The number of benzene rings is 1. The van der Waals surface area contributed by atoms with Crippen LogP contribution >= 0.6 is 0 Å². The Labute approximate surface area is 146 Å². The van der Waals surface area contributed by atoms with E-state index in [1.165, 1.54) is 10.5 Å². The number of ether oxygens (including phenoxy) is 1. The van der Waals surface area contributed by atoms with Crippen LogP contribution in [0.15, 0.2) is 34.7 Å². The minimum Gasteiger partial charge on any atom is -0.485 e. The van der Waals surface area contributed by atoms with Crippen molar-refractivity contribution in [3.05, 3.63) is 53.0 Å². The molecule has 25 heavy (non-hydrogen) atoms. The number of aliphatic carboxylic acids is 1. The Hall–Kier alpha value is -2.76. The van der Waals surface area contributed by atoms with Crippen LogP contribution in [-0.4, -0.2) is 35.0 Å². The summed E-state index contributed by atoms with van der Waals surface area (Å²) in [6, 6.07) is 9.25. The van der Waals surface area contributed by atoms with Gasteiger partial charge >= 0.3 is 5.97 Å².